The fourth-order valence-corrected chi connectivity index (χ4v) is 3.51. The number of benzene rings is 3. The first-order valence-electron chi connectivity index (χ1n) is 7.94. The third kappa shape index (κ3) is 2.69. The van der Waals surface area contributed by atoms with Crippen molar-refractivity contribution in [2.24, 2.45) is 0 Å². The monoisotopic (exact) mass is 342 g/mol. The van der Waals surface area contributed by atoms with Gasteiger partial charge in [-0.3, -0.25) is 4.79 Å². The highest BCUT2D eigenvalue weighted by molar-refractivity contribution is 7.81. The zero-order valence-electron chi connectivity index (χ0n) is 13.3. The van der Waals surface area contributed by atoms with Crippen LogP contribution in [0.5, 0.6) is 5.75 Å². The van der Waals surface area contributed by atoms with Crippen LogP contribution < -0.4 is 0 Å². The van der Waals surface area contributed by atoms with Gasteiger partial charge in [0.05, 0.1) is 4.86 Å². The van der Waals surface area contributed by atoms with E-state index in [4.69, 9.17) is 12.2 Å². The minimum absolute atomic E-state index is 0.0786. The number of phenolic OH excluding ortho intramolecular Hbond substituents is 1. The Morgan fingerprint density at radius 2 is 1.36 bits per heavy atom. The Morgan fingerprint density at radius 3 is 1.92 bits per heavy atom. The van der Waals surface area contributed by atoms with Crippen molar-refractivity contribution in [2.75, 3.05) is 0 Å². The van der Waals surface area contributed by atoms with Gasteiger partial charge in [-0.2, -0.15) is 0 Å². The van der Waals surface area contributed by atoms with Crippen LogP contribution in [0.25, 0.3) is 5.57 Å². The van der Waals surface area contributed by atoms with Gasteiger partial charge < -0.3 is 5.11 Å². The summed E-state index contributed by atoms with van der Waals surface area (Å²) in [5.41, 5.74) is 5.15. The van der Waals surface area contributed by atoms with E-state index in [0.717, 1.165) is 32.7 Å². The normalized spacial score (nSPS) is 12.3. The SMILES string of the molecule is O=C(C=C1c2ccccc2C(=S)c2ccccc21)c1cccc(O)c1. The minimum atomic E-state index is -0.150. The van der Waals surface area contributed by atoms with Crippen molar-refractivity contribution < 1.29 is 9.90 Å². The highest BCUT2D eigenvalue weighted by Crippen LogP contribution is 2.36. The molecule has 1 aliphatic carbocycles. The maximum Gasteiger partial charge on any atom is 0.186 e. The van der Waals surface area contributed by atoms with E-state index in [2.05, 4.69) is 0 Å². The molecule has 0 amide bonds. The molecule has 0 saturated heterocycles. The number of thiocarbonyl (C=S) groups is 1. The predicted molar refractivity (Wildman–Crippen MR) is 103 cm³/mol. The summed E-state index contributed by atoms with van der Waals surface area (Å²) in [6.07, 6.45) is 1.63. The van der Waals surface area contributed by atoms with Crippen molar-refractivity contribution in [1.29, 1.82) is 0 Å². The van der Waals surface area contributed by atoms with Crippen LogP contribution >= 0.6 is 12.2 Å². The van der Waals surface area contributed by atoms with E-state index < -0.39 is 0 Å². The number of ketones is 1. The van der Waals surface area contributed by atoms with Crippen molar-refractivity contribution in [3.63, 3.8) is 0 Å². The average Bonchev–Trinajstić information content (AvgIpc) is 2.65. The first kappa shape index (κ1) is 15.5. The summed E-state index contributed by atoms with van der Waals surface area (Å²) in [6, 6.07) is 22.1. The van der Waals surface area contributed by atoms with Crippen LogP contribution in [0.1, 0.15) is 32.6 Å². The molecule has 0 aromatic heterocycles. The molecule has 0 spiro atoms. The zero-order valence-corrected chi connectivity index (χ0v) is 14.1. The van der Waals surface area contributed by atoms with E-state index in [0.29, 0.717) is 5.56 Å². The van der Waals surface area contributed by atoms with Gasteiger partial charge in [0.1, 0.15) is 5.75 Å². The number of fused-ring (bicyclic) bond motifs is 2. The van der Waals surface area contributed by atoms with Crippen LogP contribution in [0.4, 0.5) is 0 Å². The number of carbonyl (C=O) groups excluding carboxylic acids is 1. The van der Waals surface area contributed by atoms with Gasteiger partial charge in [-0.15, -0.1) is 0 Å². The number of carbonyl (C=O) groups is 1. The Balaban J connectivity index is 1.91. The van der Waals surface area contributed by atoms with Gasteiger partial charge in [-0.1, -0.05) is 72.9 Å². The Bertz CT molecular complexity index is 996. The van der Waals surface area contributed by atoms with Crippen molar-refractivity contribution in [3.05, 3.63) is 107 Å². The van der Waals surface area contributed by atoms with E-state index in [1.54, 1.807) is 24.3 Å². The van der Waals surface area contributed by atoms with Gasteiger partial charge in [0.2, 0.25) is 0 Å². The third-order valence-electron chi connectivity index (χ3n) is 4.33. The van der Waals surface area contributed by atoms with Gasteiger partial charge in [0.15, 0.2) is 5.78 Å². The van der Waals surface area contributed by atoms with Crippen LogP contribution in [0.3, 0.4) is 0 Å². The molecule has 0 atom stereocenters. The van der Waals surface area contributed by atoms with Crippen LogP contribution in [0.15, 0.2) is 78.9 Å². The standard InChI is InChI=1S/C22H14O2S/c23-15-7-5-6-14(12-15)21(24)13-20-16-8-1-3-10-18(16)22(25)19-11-4-2-9-17(19)20/h1-13,23H. The molecule has 0 saturated carbocycles. The molecular formula is C22H14O2S. The van der Waals surface area contributed by atoms with Crippen LogP contribution in [0.2, 0.25) is 0 Å². The molecule has 3 aromatic carbocycles. The third-order valence-corrected chi connectivity index (χ3v) is 4.77. The maximum absolute atomic E-state index is 12.7. The Morgan fingerprint density at radius 1 is 0.800 bits per heavy atom. The molecule has 0 bridgehead atoms. The van der Waals surface area contributed by atoms with Crippen LogP contribution in [-0.4, -0.2) is 15.8 Å². The molecule has 1 aliphatic rings. The molecular weight excluding hydrogens is 328 g/mol. The quantitative estimate of drug-likeness (QED) is 0.323. The molecule has 0 radical (unpaired) electrons. The molecule has 3 aromatic rings. The number of rotatable bonds is 2. The number of allylic oxidation sites excluding steroid dienone is 1. The van der Waals surface area contributed by atoms with Crippen molar-refractivity contribution in [2.45, 2.75) is 0 Å². The lowest BCUT2D eigenvalue weighted by atomic mass is 9.81. The lowest BCUT2D eigenvalue weighted by Gasteiger charge is -2.23. The van der Waals surface area contributed by atoms with Gasteiger partial charge in [-0.25, -0.2) is 0 Å². The molecule has 25 heavy (non-hydrogen) atoms. The lowest BCUT2D eigenvalue weighted by Crippen LogP contribution is -2.14. The van der Waals surface area contributed by atoms with E-state index in [1.807, 2.05) is 48.5 Å². The minimum Gasteiger partial charge on any atom is -0.508 e. The maximum atomic E-state index is 12.7. The second-order valence-electron chi connectivity index (χ2n) is 5.89. The molecule has 0 aliphatic heterocycles. The molecule has 0 heterocycles. The Kier molecular flexibility index (Phi) is 3.79. The summed E-state index contributed by atoms with van der Waals surface area (Å²) in [7, 11) is 0. The van der Waals surface area contributed by atoms with Crippen molar-refractivity contribution in [1.82, 2.24) is 0 Å². The van der Waals surface area contributed by atoms with Gasteiger partial charge in [0.25, 0.3) is 0 Å². The number of phenols is 1. The van der Waals surface area contributed by atoms with Crippen LogP contribution in [0, 0.1) is 0 Å². The van der Waals surface area contributed by atoms with E-state index in [-0.39, 0.29) is 11.5 Å². The number of hydrogen-bond acceptors (Lipinski definition) is 3. The van der Waals surface area contributed by atoms with E-state index in [9.17, 15) is 9.90 Å². The predicted octanol–water partition coefficient (Wildman–Crippen LogP) is 4.79. The first-order valence-corrected chi connectivity index (χ1v) is 8.34. The van der Waals surface area contributed by atoms with E-state index in [1.165, 1.54) is 6.07 Å². The molecule has 3 heteroatoms. The number of aromatic hydroxyl groups is 1. The molecule has 1 N–H and O–H groups in total. The second-order valence-corrected chi connectivity index (χ2v) is 6.30. The Labute approximate surface area is 151 Å². The fraction of sp³-hybridized carbons (Fsp3) is 0. The smallest absolute Gasteiger partial charge is 0.186 e. The van der Waals surface area contributed by atoms with Gasteiger partial charge >= 0.3 is 0 Å². The topological polar surface area (TPSA) is 37.3 Å². The van der Waals surface area contributed by atoms with Gasteiger partial charge in [-0.05, 0) is 34.9 Å². The molecule has 120 valence electrons. The zero-order chi connectivity index (χ0) is 17.4. The molecule has 0 unspecified atom stereocenters. The Hall–Kier alpha value is -3.04. The van der Waals surface area contributed by atoms with Gasteiger partial charge in [0, 0.05) is 16.7 Å². The van der Waals surface area contributed by atoms with Crippen LogP contribution in [-0.2, 0) is 0 Å². The van der Waals surface area contributed by atoms with E-state index >= 15 is 0 Å². The summed E-state index contributed by atoms with van der Waals surface area (Å²) < 4.78 is 0. The lowest BCUT2D eigenvalue weighted by molar-refractivity contribution is 0.104. The summed E-state index contributed by atoms with van der Waals surface area (Å²) in [4.78, 5) is 13.5. The first-order chi connectivity index (χ1) is 12.1. The molecule has 0 fully saturated rings. The molecule has 4 rings (SSSR count). The number of hydrogen-bond donors (Lipinski definition) is 1. The largest absolute Gasteiger partial charge is 0.508 e. The highest BCUT2D eigenvalue weighted by atomic mass is 32.1. The summed E-state index contributed by atoms with van der Waals surface area (Å²) in [5.74, 6) is -0.0711. The second kappa shape index (κ2) is 6.11. The highest BCUT2D eigenvalue weighted by Gasteiger charge is 2.24. The summed E-state index contributed by atoms with van der Waals surface area (Å²) >= 11 is 5.65. The fourth-order valence-electron chi connectivity index (χ4n) is 3.15. The van der Waals surface area contributed by atoms with Crippen molar-refractivity contribution >= 4 is 28.4 Å². The average molecular weight is 342 g/mol. The summed E-state index contributed by atoms with van der Waals surface area (Å²) in [5, 5.41) is 9.63. The molecule has 2 nitrogen and oxygen atoms in total. The van der Waals surface area contributed by atoms with Crippen molar-refractivity contribution in [3.8, 4) is 5.75 Å². The summed E-state index contributed by atoms with van der Waals surface area (Å²) in [6.45, 7) is 0.